The second kappa shape index (κ2) is 4.90. The average Bonchev–Trinajstić information content (AvgIpc) is 2.85. The fraction of sp³-hybridized carbons (Fsp3) is 0.467. The summed E-state index contributed by atoms with van der Waals surface area (Å²) in [5.74, 6) is 0.433. The van der Waals surface area contributed by atoms with Crippen LogP contribution in [0.25, 0.3) is 5.52 Å². The number of sulfonamides is 1. The lowest BCUT2D eigenvalue weighted by molar-refractivity contribution is 0.317. The first-order valence-electron chi connectivity index (χ1n) is 6.98. The van der Waals surface area contributed by atoms with Gasteiger partial charge in [-0.1, -0.05) is 0 Å². The van der Waals surface area contributed by atoms with Crippen molar-refractivity contribution in [3.63, 3.8) is 0 Å². The number of pyridine rings is 1. The molecule has 1 saturated heterocycles. The van der Waals surface area contributed by atoms with Crippen molar-refractivity contribution in [2.45, 2.75) is 25.7 Å². The molecule has 20 heavy (non-hydrogen) atoms. The predicted octanol–water partition coefficient (Wildman–Crippen LogP) is 2.39. The van der Waals surface area contributed by atoms with Gasteiger partial charge in [0.15, 0.2) is 0 Å². The topological polar surface area (TPSA) is 41.8 Å². The maximum atomic E-state index is 11.6. The molecular weight excluding hydrogens is 272 g/mol. The van der Waals surface area contributed by atoms with Crippen molar-refractivity contribution in [1.82, 2.24) is 8.71 Å². The standard InChI is InChI=1S/C15H20N2O2S/c1-12-10-14-4-3-7-17(14)15(11-12)13-5-8-16(9-6-13)20(2,18)19/h3-4,7,10-11,13H,5-6,8-9H2,1-2H3. The van der Waals surface area contributed by atoms with Gasteiger partial charge < -0.3 is 4.40 Å². The van der Waals surface area contributed by atoms with E-state index in [0.717, 1.165) is 12.8 Å². The summed E-state index contributed by atoms with van der Waals surface area (Å²) in [6.07, 6.45) is 5.17. The molecule has 0 unspecified atom stereocenters. The highest BCUT2D eigenvalue weighted by molar-refractivity contribution is 7.88. The fourth-order valence-corrected chi connectivity index (χ4v) is 4.00. The van der Waals surface area contributed by atoms with Crippen LogP contribution in [-0.2, 0) is 10.0 Å². The highest BCUT2D eigenvalue weighted by Gasteiger charge is 2.26. The van der Waals surface area contributed by atoms with Crippen molar-refractivity contribution >= 4 is 15.5 Å². The molecule has 0 amide bonds. The molecular formula is C15H20N2O2S. The van der Waals surface area contributed by atoms with E-state index in [0.29, 0.717) is 19.0 Å². The summed E-state index contributed by atoms with van der Waals surface area (Å²) >= 11 is 0. The van der Waals surface area contributed by atoms with Gasteiger partial charge in [0, 0.05) is 36.4 Å². The van der Waals surface area contributed by atoms with Gasteiger partial charge in [0.05, 0.1) is 6.26 Å². The minimum Gasteiger partial charge on any atom is -0.321 e. The van der Waals surface area contributed by atoms with Crippen LogP contribution in [0, 0.1) is 6.92 Å². The van der Waals surface area contributed by atoms with Crippen molar-refractivity contribution < 1.29 is 8.42 Å². The number of nitrogens with zero attached hydrogens (tertiary/aromatic N) is 2. The van der Waals surface area contributed by atoms with Crippen molar-refractivity contribution in [1.29, 1.82) is 0 Å². The summed E-state index contributed by atoms with van der Waals surface area (Å²) in [4.78, 5) is 0. The lowest BCUT2D eigenvalue weighted by atomic mass is 9.93. The molecule has 1 aliphatic rings. The van der Waals surface area contributed by atoms with Crippen LogP contribution in [0.15, 0.2) is 30.5 Å². The van der Waals surface area contributed by atoms with Crippen LogP contribution in [-0.4, -0.2) is 36.5 Å². The van der Waals surface area contributed by atoms with E-state index in [2.05, 4.69) is 41.8 Å². The Hall–Kier alpha value is -1.33. The number of hydrogen-bond donors (Lipinski definition) is 0. The molecule has 3 rings (SSSR count). The maximum absolute atomic E-state index is 11.6. The lowest BCUT2D eigenvalue weighted by Gasteiger charge is -2.31. The van der Waals surface area contributed by atoms with Gasteiger partial charge in [-0.25, -0.2) is 12.7 Å². The van der Waals surface area contributed by atoms with E-state index in [4.69, 9.17) is 0 Å². The second-order valence-corrected chi connectivity index (χ2v) is 7.68. The van der Waals surface area contributed by atoms with E-state index in [1.807, 2.05) is 0 Å². The zero-order chi connectivity index (χ0) is 14.3. The smallest absolute Gasteiger partial charge is 0.211 e. The first kappa shape index (κ1) is 13.6. The third kappa shape index (κ3) is 2.47. The van der Waals surface area contributed by atoms with Gasteiger partial charge in [-0.15, -0.1) is 0 Å². The monoisotopic (exact) mass is 292 g/mol. The predicted molar refractivity (Wildman–Crippen MR) is 80.5 cm³/mol. The molecule has 0 atom stereocenters. The zero-order valence-corrected chi connectivity index (χ0v) is 12.7. The molecule has 0 saturated carbocycles. The van der Waals surface area contributed by atoms with Gasteiger partial charge in [-0.2, -0.15) is 0 Å². The van der Waals surface area contributed by atoms with Crippen LogP contribution >= 0.6 is 0 Å². The molecule has 0 aromatic carbocycles. The Morgan fingerprint density at radius 3 is 2.55 bits per heavy atom. The average molecular weight is 292 g/mol. The second-order valence-electron chi connectivity index (χ2n) is 5.70. The summed E-state index contributed by atoms with van der Waals surface area (Å²) in [7, 11) is -3.04. The number of fused-ring (bicyclic) bond motifs is 1. The minimum atomic E-state index is -3.04. The number of aromatic nitrogens is 1. The zero-order valence-electron chi connectivity index (χ0n) is 11.9. The largest absolute Gasteiger partial charge is 0.321 e. The van der Waals surface area contributed by atoms with Gasteiger partial charge in [0.25, 0.3) is 0 Å². The van der Waals surface area contributed by atoms with Crippen LogP contribution in [0.1, 0.15) is 30.0 Å². The molecule has 4 nitrogen and oxygen atoms in total. The third-order valence-electron chi connectivity index (χ3n) is 4.15. The van der Waals surface area contributed by atoms with Gasteiger partial charge >= 0.3 is 0 Å². The van der Waals surface area contributed by atoms with Gasteiger partial charge in [0.1, 0.15) is 0 Å². The van der Waals surface area contributed by atoms with E-state index in [1.54, 1.807) is 4.31 Å². The van der Waals surface area contributed by atoms with E-state index < -0.39 is 10.0 Å². The summed E-state index contributed by atoms with van der Waals surface area (Å²) < 4.78 is 27.0. The number of hydrogen-bond acceptors (Lipinski definition) is 2. The number of rotatable bonds is 2. The molecule has 0 spiro atoms. The van der Waals surface area contributed by atoms with E-state index in [1.165, 1.54) is 23.0 Å². The van der Waals surface area contributed by atoms with Gasteiger partial charge in [0.2, 0.25) is 10.0 Å². The molecule has 0 radical (unpaired) electrons. The van der Waals surface area contributed by atoms with E-state index in [-0.39, 0.29) is 0 Å². The Morgan fingerprint density at radius 2 is 1.90 bits per heavy atom. The van der Waals surface area contributed by atoms with Crippen molar-refractivity contribution in [3.8, 4) is 0 Å². The molecule has 0 N–H and O–H groups in total. The summed E-state index contributed by atoms with van der Waals surface area (Å²) in [6, 6.07) is 8.58. The summed E-state index contributed by atoms with van der Waals surface area (Å²) in [5, 5.41) is 0. The third-order valence-corrected chi connectivity index (χ3v) is 5.45. The number of piperidine rings is 1. The quantitative estimate of drug-likeness (QED) is 0.853. The molecule has 5 heteroatoms. The Morgan fingerprint density at radius 1 is 1.20 bits per heavy atom. The van der Waals surface area contributed by atoms with E-state index in [9.17, 15) is 8.42 Å². The van der Waals surface area contributed by atoms with E-state index >= 15 is 0 Å². The van der Waals surface area contributed by atoms with Crippen LogP contribution in [0.2, 0.25) is 0 Å². The van der Waals surface area contributed by atoms with Crippen molar-refractivity contribution in [2.24, 2.45) is 0 Å². The maximum Gasteiger partial charge on any atom is 0.211 e. The van der Waals surface area contributed by atoms with Crippen molar-refractivity contribution in [2.75, 3.05) is 19.3 Å². The van der Waals surface area contributed by atoms with Crippen LogP contribution in [0.3, 0.4) is 0 Å². The Kier molecular flexibility index (Phi) is 3.34. The van der Waals surface area contributed by atoms with Crippen LogP contribution in [0.5, 0.6) is 0 Å². The minimum absolute atomic E-state index is 0.433. The molecule has 2 aromatic heterocycles. The molecule has 0 aliphatic carbocycles. The normalized spacial score (nSPS) is 18.7. The summed E-state index contributed by atoms with van der Waals surface area (Å²) in [6.45, 7) is 3.36. The lowest BCUT2D eigenvalue weighted by Crippen LogP contribution is -2.37. The summed E-state index contributed by atoms with van der Waals surface area (Å²) in [5.41, 5.74) is 3.78. The Balaban J connectivity index is 1.89. The molecule has 108 valence electrons. The SMILES string of the molecule is Cc1cc(C2CCN(S(C)(=O)=O)CC2)n2cccc2c1. The fourth-order valence-electron chi connectivity index (χ4n) is 3.12. The first-order valence-corrected chi connectivity index (χ1v) is 8.83. The highest BCUT2D eigenvalue weighted by Crippen LogP contribution is 2.30. The van der Waals surface area contributed by atoms with Gasteiger partial charge in [-0.05, 0) is 49.6 Å². The molecule has 1 fully saturated rings. The highest BCUT2D eigenvalue weighted by atomic mass is 32.2. The van der Waals surface area contributed by atoms with Crippen LogP contribution in [0.4, 0.5) is 0 Å². The van der Waals surface area contributed by atoms with Gasteiger partial charge in [-0.3, -0.25) is 0 Å². The Labute approximate surface area is 120 Å². The molecule has 0 bridgehead atoms. The molecule has 3 heterocycles. The molecule has 1 aliphatic heterocycles. The van der Waals surface area contributed by atoms with Crippen molar-refractivity contribution in [3.05, 3.63) is 41.7 Å². The number of aryl methyl sites for hydroxylation is 1. The Bertz CT molecular complexity index is 725. The first-order chi connectivity index (χ1) is 9.45. The van der Waals surface area contributed by atoms with Crippen LogP contribution < -0.4 is 0 Å². The molecule has 2 aromatic rings.